The molecule has 1 aliphatic rings. The van der Waals surface area contributed by atoms with Gasteiger partial charge in [-0.1, -0.05) is 5.57 Å². The first-order valence-electron chi connectivity index (χ1n) is 2.81. The van der Waals surface area contributed by atoms with E-state index in [1.54, 1.807) is 0 Å². The molecule has 0 aromatic heterocycles. The van der Waals surface area contributed by atoms with Gasteiger partial charge in [-0.15, -0.1) is 0 Å². The molecule has 0 aliphatic heterocycles. The summed E-state index contributed by atoms with van der Waals surface area (Å²) in [4.78, 5) is 10.6. The summed E-state index contributed by atoms with van der Waals surface area (Å²) in [6.07, 6.45) is 3.67. The van der Waals surface area contributed by atoms with Crippen LogP contribution in [0, 0.1) is 0 Å². The fraction of sp³-hybridized carbons (Fsp3) is 0.286. The zero-order chi connectivity index (χ0) is 6.85. The second-order valence-electron chi connectivity index (χ2n) is 2.15. The van der Waals surface area contributed by atoms with E-state index in [0.717, 1.165) is 5.57 Å². The molecule has 0 atom stereocenters. The molecule has 0 aromatic rings. The Hall–Kier alpha value is -1.05. The molecule has 0 aromatic carbocycles. The molecule has 0 amide bonds. The van der Waals surface area contributed by atoms with E-state index in [2.05, 4.69) is 0 Å². The van der Waals surface area contributed by atoms with E-state index < -0.39 is 0 Å². The smallest absolute Gasteiger partial charge is 0.219 e. The van der Waals surface area contributed by atoms with Crippen LogP contribution in [0.5, 0.6) is 0 Å². The SMILES string of the molecule is CC1=CC(=O)C(O)=CC1. The summed E-state index contributed by atoms with van der Waals surface area (Å²) in [5.74, 6) is -0.403. The molecule has 2 nitrogen and oxygen atoms in total. The molecule has 1 rings (SSSR count). The standard InChI is InChI=1S/C7H8O2/c1-5-2-3-6(8)7(9)4-5/h3-4,8H,2H2,1H3. The Kier molecular flexibility index (Phi) is 1.39. The van der Waals surface area contributed by atoms with E-state index in [1.807, 2.05) is 6.92 Å². The van der Waals surface area contributed by atoms with Gasteiger partial charge < -0.3 is 5.11 Å². The highest BCUT2D eigenvalue weighted by Crippen LogP contribution is 2.10. The van der Waals surface area contributed by atoms with Gasteiger partial charge >= 0.3 is 0 Å². The average Bonchev–Trinajstić information content (AvgIpc) is 1.80. The molecule has 0 spiro atoms. The number of carbonyl (C=O) groups excluding carboxylic acids is 1. The van der Waals surface area contributed by atoms with Crippen LogP contribution in [0.1, 0.15) is 13.3 Å². The molecular formula is C7H8O2. The maximum atomic E-state index is 10.6. The largest absolute Gasteiger partial charge is 0.504 e. The van der Waals surface area contributed by atoms with E-state index in [4.69, 9.17) is 5.11 Å². The van der Waals surface area contributed by atoms with Gasteiger partial charge in [-0.2, -0.15) is 0 Å². The number of carbonyl (C=O) groups is 1. The van der Waals surface area contributed by atoms with E-state index in [0.29, 0.717) is 6.42 Å². The van der Waals surface area contributed by atoms with E-state index >= 15 is 0 Å². The van der Waals surface area contributed by atoms with Crippen molar-refractivity contribution < 1.29 is 9.90 Å². The Morgan fingerprint density at radius 2 is 2.33 bits per heavy atom. The van der Waals surface area contributed by atoms with Crippen LogP contribution in [-0.2, 0) is 4.79 Å². The quantitative estimate of drug-likeness (QED) is 0.529. The normalized spacial score (nSPS) is 19.0. The topological polar surface area (TPSA) is 37.3 Å². The molecule has 9 heavy (non-hydrogen) atoms. The summed E-state index contributed by atoms with van der Waals surface area (Å²) in [6.45, 7) is 1.86. The number of allylic oxidation sites excluding steroid dienone is 3. The molecule has 1 N–H and O–H groups in total. The first-order chi connectivity index (χ1) is 4.20. The van der Waals surface area contributed by atoms with Crippen LogP contribution in [0.25, 0.3) is 0 Å². The summed E-state index contributed by atoms with van der Waals surface area (Å²) in [7, 11) is 0. The van der Waals surface area contributed by atoms with Gasteiger partial charge in [0, 0.05) is 0 Å². The number of aliphatic hydroxyl groups excluding tert-OH is 1. The fourth-order valence-corrected chi connectivity index (χ4v) is 0.715. The number of hydrogen-bond donors (Lipinski definition) is 1. The van der Waals surface area contributed by atoms with Crippen LogP contribution in [-0.4, -0.2) is 10.9 Å². The molecule has 1 aliphatic carbocycles. The summed E-state index contributed by atoms with van der Waals surface area (Å²) in [5, 5.41) is 8.76. The summed E-state index contributed by atoms with van der Waals surface area (Å²) < 4.78 is 0. The van der Waals surface area contributed by atoms with Gasteiger partial charge in [0.15, 0.2) is 5.76 Å². The summed E-state index contributed by atoms with van der Waals surface area (Å²) >= 11 is 0. The Balaban J connectivity index is 2.82. The first-order valence-corrected chi connectivity index (χ1v) is 2.81. The zero-order valence-corrected chi connectivity index (χ0v) is 5.22. The van der Waals surface area contributed by atoms with Crippen LogP contribution >= 0.6 is 0 Å². The first kappa shape index (κ1) is 6.08. The minimum atomic E-state index is -0.279. The highest BCUT2D eigenvalue weighted by molar-refractivity contribution is 6.03. The third-order valence-corrected chi connectivity index (χ3v) is 1.25. The molecule has 0 unspecified atom stereocenters. The Bertz CT molecular complexity index is 199. The van der Waals surface area contributed by atoms with Crippen LogP contribution < -0.4 is 0 Å². The van der Waals surface area contributed by atoms with Gasteiger partial charge in [0.25, 0.3) is 0 Å². The third-order valence-electron chi connectivity index (χ3n) is 1.25. The lowest BCUT2D eigenvalue weighted by molar-refractivity contribution is -0.113. The Morgan fingerprint density at radius 1 is 1.67 bits per heavy atom. The number of rotatable bonds is 0. The molecule has 0 heterocycles. The second kappa shape index (κ2) is 2.05. The monoisotopic (exact) mass is 124 g/mol. The van der Waals surface area contributed by atoms with Crippen LogP contribution in [0.4, 0.5) is 0 Å². The third kappa shape index (κ3) is 1.19. The van der Waals surface area contributed by atoms with Crippen molar-refractivity contribution in [1.82, 2.24) is 0 Å². The molecule has 48 valence electrons. The molecule has 0 fully saturated rings. The van der Waals surface area contributed by atoms with Gasteiger partial charge in [0.1, 0.15) is 0 Å². The summed E-state index contributed by atoms with van der Waals surface area (Å²) in [5.41, 5.74) is 0.998. The molecule has 2 heteroatoms. The van der Waals surface area contributed by atoms with Crippen LogP contribution in [0.3, 0.4) is 0 Å². The molecule has 0 radical (unpaired) electrons. The highest BCUT2D eigenvalue weighted by Gasteiger charge is 2.08. The number of hydrogen-bond acceptors (Lipinski definition) is 2. The van der Waals surface area contributed by atoms with Crippen LogP contribution in [0.15, 0.2) is 23.5 Å². The molecule has 0 saturated heterocycles. The number of aliphatic hydroxyl groups is 1. The van der Waals surface area contributed by atoms with Crippen molar-refractivity contribution in [3.63, 3.8) is 0 Å². The minimum absolute atomic E-state index is 0.124. The predicted molar refractivity (Wildman–Crippen MR) is 34.1 cm³/mol. The molecule has 0 bridgehead atoms. The molecule has 0 saturated carbocycles. The van der Waals surface area contributed by atoms with Gasteiger partial charge in [-0.3, -0.25) is 4.79 Å². The van der Waals surface area contributed by atoms with Gasteiger partial charge in [0.05, 0.1) is 0 Å². The summed E-state index contributed by atoms with van der Waals surface area (Å²) in [6, 6.07) is 0. The van der Waals surface area contributed by atoms with Gasteiger partial charge in [0.2, 0.25) is 5.78 Å². The lowest BCUT2D eigenvalue weighted by atomic mass is 10.1. The Morgan fingerprint density at radius 3 is 2.78 bits per heavy atom. The Labute approximate surface area is 53.5 Å². The van der Waals surface area contributed by atoms with E-state index in [-0.39, 0.29) is 11.5 Å². The second-order valence-corrected chi connectivity index (χ2v) is 2.15. The predicted octanol–water partition coefficient (Wildman–Crippen LogP) is 1.35. The van der Waals surface area contributed by atoms with E-state index in [9.17, 15) is 4.79 Å². The van der Waals surface area contributed by atoms with Crippen molar-refractivity contribution in [2.45, 2.75) is 13.3 Å². The van der Waals surface area contributed by atoms with Crippen molar-refractivity contribution >= 4 is 5.78 Å². The van der Waals surface area contributed by atoms with Gasteiger partial charge in [-0.25, -0.2) is 0 Å². The van der Waals surface area contributed by atoms with Crippen molar-refractivity contribution in [1.29, 1.82) is 0 Å². The van der Waals surface area contributed by atoms with Crippen molar-refractivity contribution in [3.8, 4) is 0 Å². The highest BCUT2D eigenvalue weighted by atomic mass is 16.3. The maximum Gasteiger partial charge on any atom is 0.219 e. The lowest BCUT2D eigenvalue weighted by Crippen LogP contribution is -2.02. The van der Waals surface area contributed by atoms with Crippen molar-refractivity contribution in [3.05, 3.63) is 23.5 Å². The fourth-order valence-electron chi connectivity index (χ4n) is 0.715. The van der Waals surface area contributed by atoms with Crippen molar-refractivity contribution in [2.24, 2.45) is 0 Å². The zero-order valence-electron chi connectivity index (χ0n) is 5.22. The minimum Gasteiger partial charge on any atom is -0.504 e. The lowest BCUT2D eigenvalue weighted by Gasteiger charge is -2.02. The van der Waals surface area contributed by atoms with Crippen LogP contribution in [0.2, 0.25) is 0 Å². The number of ketones is 1. The maximum absolute atomic E-state index is 10.6. The average molecular weight is 124 g/mol. The van der Waals surface area contributed by atoms with Gasteiger partial charge in [-0.05, 0) is 25.5 Å². The van der Waals surface area contributed by atoms with Crippen molar-refractivity contribution in [2.75, 3.05) is 0 Å². The van der Waals surface area contributed by atoms with E-state index in [1.165, 1.54) is 12.2 Å². The molecular weight excluding hydrogens is 116 g/mol.